The van der Waals surface area contributed by atoms with E-state index in [2.05, 4.69) is 49.1 Å². The van der Waals surface area contributed by atoms with Crippen molar-refractivity contribution in [1.82, 2.24) is 19.4 Å². The van der Waals surface area contributed by atoms with Gasteiger partial charge in [0.25, 0.3) is 0 Å². The number of benzene rings is 3. The van der Waals surface area contributed by atoms with Crippen molar-refractivity contribution in [3.05, 3.63) is 90.9 Å². The second-order valence-corrected chi connectivity index (χ2v) is 9.90. The van der Waals surface area contributed by atoms with Crippen molar-refractivity contribution >= 4 is 22.7 Å². The van der Waals surface area contributed by atoms with E-state index in [1.807, 2.05) is 42.5 Å². The molecule has 0 bridgehead atoms. The third-order valence-corrected chi connectivity index (χ3v) is 7.41. The lowest BCUT2D eigenvalue weighted by molar-refractivity contribution is 0.0398. The molecule has 0 spiro atoms. The van der Waals surface area contributed by atoms with E-state index in [1.54, 1.807) is 25.6 Å². The van der Waals surface area contributed by atoms with Crippen LogP contribution in [0.1, 0.15) is 10.4 Å². The van der Waals surface area contributed by atoms with Gasteiger partial charge in [-0.15, -0.1) is 0 Å². The summed E-state index contributed by atoms with van der Waals surface area (Å²) in [4.78, 5) is 22.9. The molecule has 1 fully saturated rings. The van der Waals surface area contributed by atoms with Gasteiger partial charge in [0, 0.05) is 49.4 Å². The summed E-state index contributed by atoms with van der Waals surface area (Å²) in [5.74, 6) is 1.35. The smallest absolute Gasteiger partial charge is 0.335 e. The number of aromatic carboxylic acids is 1. The molecule has 0 amide bonds. The van der Waals surface area contributed by atoms with E-state index >= 15 is 0 Å². The number of morpholine rings is 1. The number of fused-ring (bicyclic) bond motifs is 1. The Kier molecular flexibility index (Phi) is 7.62. The number of carbonyl (C=O) groups is 1. The first-order valence-electron chi connectivity index (χ1n) is 13.6. The van der Waals surface area contributed by atoms with Crippen molar-refractivity contribution in [2.75, 3.05) is 51.8 Å². The number of carboxylic acids is 1. The average molecular weight is 550 g/mol. The van der Waals surface area contributed by atoms with Gasteiger partial charge in [0.15, 0.2) is 0 Å². The molecule has 1 saturated heterocycles. The summed E-state index contributed by atoms with van der Waals surface area (Å²) in [7, 11) is 1.66. The van der Waals surface area contributed by atoms with Crippen LogP contribution < -0.4 is 10.1 Å². The molecule has 0 radical (unpaired) electrons. The molecular weight excluding hydrogens is 518 g/mol. The van der Waals surface area contributed by atoms with Crippen LogP contribution in [0.4, 0.5) is 5.82 Å². The van der Waals surface area contributed by atoms with Crippen molar-refractivity contribution in [1.29, 1.82) is 0 Å². The summed E-state index contributed by atoms with van der Waals surface area (Å²) in [5, 5.41) is 13.8. The molecular formula is C32H31N5O4. The lowest BCUT2D eigenvalue weighted by Gasteiger charge is -2.26. The molecule has 3 heterocycles. The Bertz CT molecular complexity index is 1660. The molecule has 1 aliphatic heterocycles. The third-order valence-electron chi connectivity index (χ3n) is 7.41. The molecule has 5 aromatic rings. The van der Waals surface area contributed by atoms with Crippen molar-refractivity contribution < 1.29 is 19.4 Å². The molecule has 0 unspecified atom stereocenters. The lowest BCUT2D eigenvalue weighted by Crippen LogP contribution is -2.39. The number of ether oxygens (including phenoxy) is 2. The van der Waals surface area contributed by atoms with Gasteiger partial charge in [0.2, 0.25) is 0 Å². The molecule has 9 heteroatoms. The second-order valence-electron chi connectivity index (χ2n) is 9.90. The molecule has 3 aromatic carbocycles. The van der Waals surface area contributed by atoms with Gasteiger partial charge in [0.05, 0.1) is 31.4 Å². The highest BCUT2D eigenvalue weighted by Gasteiger charge is 2.16. The van der Waals surface area contributed by atoms with E-state index < -0.39 is 5.97 Å². The fourth-order valence-electron chi connectivity index (χ4n) is 5.14. The number of nitrogens with one attached hydrogen (secondary N) is 1. The van der Waals surface area contributed by atoms with Crippen molar-refractivity contribution in [2.45, 2.75) is 0 Å². The fraction of sp³-hybridized carbons (Fsp3) is 0.219. The lowest BCUT2D eigenvalue weighted by atomic mass is 10.00. The average Bonchev–Trinajstić information content (AvgIpc) is 3.41. The van der Waals surface area contributed by atoms with Gasteiger partial charge >= 0.3 is 5.97 Å². The van der Waals surface area contributed by atoms with Gasteiger partial charge in [-0.2, -0.15) is 0 Å². The molecule has 1 aliphatic rings. The Morgan fingerprint density at radius 2 is 1.68 bits per heavy atom. The Balaban J connectivity index is 1.37. The minimum atomic E-state index is -0.947. The Hall–Kier alpha value is -4.73. The van der Waals surface area contributed by atoms with Gasteiger partial charge in [-0.05, 0) is 47.0 Å². The zero-order valence-corrected chi connectivity index (χ0v) is 22.8. The molecule has 41 heavy (non-hydrogen) atoms. The summed E-state index contributed by atoms with van der Waals surface area (Å²) in [6.45, 7) is 5.12. The summed E-state index contributed by atoms with van der Waals surface area (Å²) >= 11 is 0. The van der Waals surface area contributed by atoms with Crippen LogP contribution in [0.2, 0.25) is 0 Å². The first kappa shape index (κ1) is 26.5. The zero-order valence-electron chi connectivity index (χ0n) is 22.8. The molecule has 9 nitrogen and oxygen atoms in total. The largest absolute Gasteiger partial charge is 0.497 e. The Morgan fingerprint density at radius 3 is 2.41 bits per heavy atom. The van der Waals surface area contributed by atoms with Crippen molar-refractivity contribution in [3.8, 4) is 33.8 Å². The number of hydrogen-bond donors (Lipinski definition) is 2. The minimum absolute atomic E-state index is 0.253. The molecule has 208 valence electrons. The first-order chi connectivity index (χ1) is 20.1. The standard InChI is InChI=1S/C32H31N5O4/c1-40-26-9-6-22(7-10-26)25-8-11-27-28(23-2-4-24(5-3-23)32(38)39)20-37(29(27)18-25)31-19-30(34-21-35-31)33-12-13-36-14-16-41-17-15-36/h2-11,18-21H,12-17H2,1H3,(H,38,39)(H,33,34,35). The Labute approximate surface area is 238 Å². The molecule has 2 N–H and O–H groups in total. The summed E-state index contributed by atoms with van der Waals surface area (Å²) in [5.41, 5.74) is 5.27. The van der Waals surface area contributed by atoms with Gasteiger partial charge in [0.1, 0.15) is 23.7 Å². The highest BCUT2D eigenvalue weighted by molar-refractivity contribution is 5.99. The zero-order chi connectivity index (χ0) is 28.2. The third kappa shape index (κ3) is 5.77. The molecule has 0 atom stereocenters. The predicted octanol–water partition coefficient (Wildman–Crippen LogP) is 5.21. The van der Waals surface area contributed by atoms with E-state index in [9.17, 15) is 9.90 Å². The number of anilines is 1. The predicted molar refractivity (Wildman–Crippen MR) is 159 cm³/mol. The van der Waals surface area contributed by atoms with Crippen LogP contribution in [-0.2, 0) is 4.74 Å². The maximum absolute atomic E-state index is 11.4. The van der Waals surface area contributed by atoms with Crippen LogP contribution in [0.25, 0.3) is 39.0 Å². The van der Waals surface area contributed by atoms with Crippen LogP contribution in [0.3, 0.4) is 0 Å². The number of hydrogen-bond acceptors (Lipinski definition) is 7. The number of aromatic nitrogens is 3. The van der Waals surface area contributed by atoms with E-state index in [0.717, 1.165) is 89.9 Å². The van der Waals surface area contributed by atoms with E-state index in [4.69, 9.17) is 9.47 Å². The summed E-state index contributed by atoms with van der Waals surface area (Å²) in [6, 6.07) is 23.3. The normalized spacial score (nSPS) is 13.8. The maximum atomic E-state index is 11.4. The van der Waals surface area contributed by atoms with Gasteiger partial charge < -0.3 is 24.5 Å². The minimum Gasteiger partial charge on any atom is -0.497 e. The number of nitrogens with zero attached hydrogens (tertiary/aromatic N) is 4. The highest BCUT2D eigenvalue weighted by atomic mass is 16.5. The monoisotopic (exact) mass is 549 g/mol. The van der Waals surface area contributed by atoms with Gasteiger partial charge in [-0.25, -0.2) is 14.8 Å². The summed E-state index contributed by atoms with van der Waals surface area (Å²) in [6.07, 6.45) is 3.63. The highest BCUT2D eigenvalue weighted by Crippen LogP contribution is 2.35. The quantitative estimate of drug-likeness (QED) is 0.259. The number of rotatable bonds is 9. The van der Waals surface area contributed by atoms with Crippen molar-refractivity contribution in [3.63, 3.8) is 0 Å². The fourth-order valence-corrected chi connectivity index (χ4v) is 5.14. The Morgan fingerprint density at radius 1 is 0.951 bits per heavy atom. The topological polar surface area (TPSA) is 102 Å². The van der Waals surface area contributed by atoms with Gasteiger partial charge in [-0.1, -0.05) is 36.4 Å². The first-order valence-corrected chi connectivity index (χ1v) is 13.6. The van der Waals surface area contributed by atoms with Crippen LogP contribution in [0.5, 0.6) is 5.75 Å². The van der Waals surface area contributed by atoms with E-state index in [-0.39, 0.29) is 5.56 Å². The second kappa shape index (κ2) is 11.8. The SMILES string of the molecule is COc1ccc(-c2ccc3c(-c4ccc(C(=O)O)cc4)cn(-c4cc(NCCN5CCOCC5)ncn4)c3c2)cc1. The van der Waals surface area contributed by atoms with Crippen LogP contribution in [0.15, 0.2) is 85.3 Å². The number of carboxylic acid groups (broad SMARTS) is 1. The van der Waals surface area contributed by atoms with E-state index in [0.29, 0.717) is 0 Å². The van der Waals surface area contributed by atoms with Gasteiger partial charge in [-0.3, -0.25) is 4.90 Å². The van der Waals surface area contributed by atoms with Crippen molar-refractivity contribution in [2.24, 2.45) is 0 Å². The van der Waals surface area contributed by atoms with Crippen LogP contribution >= 0.6 is 0 Å². The van der Waals surface area contributed by atoms with Crippen LogP contribution in [-0.4, -0.2) is 77.0 Å². The number of methoxy groups -OCH3 is 1. The summed E-state index contributed by atoms with van der Waals surface area (Å²) < 4.78 is 12.8. The molecule has 2 aromatic heterocycles. The molecule has 0 saturated carbocycles. The molecule has 0 aliphatic carbocycles. The maximum Gasteiger partial charge on any atom is 0.335 e. The van der Waals surface area contributed by atoms with E-state index in [1.165, 1.54) is 0 Å². The van der Waals surface area contributed by atoms with Crippen LogP contribution in [0, 0.1) is 0 Å². The molecule has 6 rings (SSSR count).